The van der Waals surface area contributed by atoms with Crippen molar-refractivity contribution in [1.82, 2.24) is 10.6 Å². The van der Waals surface area contributed by atoms with Gasteiger partial charge in [0.2, 0.25) is 5.91 Å². The van der Waals surface area contributed by atoms with Crippen LogP contribution >= 0.6 is 0 Å². The van der Waals surface area contributed by atoms with Crippen LogP contribution in [0.3, 0.4) is 0 Å². The summed E-state index contributed by atoms with van der Waals surface area (Å²) in [5, 5.41) is 7.85. The monoisotopic (exact) mass is 531 g/mol. The number of carbonyl (C=O) groups excluding carboxylic acids is 3. The van der Waals surface area contributed by atoms with E-state index in [1.165, 1.54) is 12.1 Å². The van der Waals surface area contributed by atoms with Crippen molar-refractivity contribution in [3.63, 3.8) is 0 Å². The van der Waals surface area contributed by atoms with Crippen LogP contribution in [0.15, 0.2) is 36.4 Å². The summed E-state index contributed by atoms with van der Waals surface area (Å²) in [6.45, 7) is 6.59. The summed E-state index contributed by atoms with van der Waals surface area (Å²) in [5.74, 6) is -2.90. The number of hydrogen-bond acceptors (Lipinski definition) is 4. The van der Waals surface area contributed by atoms with Gasteiger partial charge in [-0.15, -0.1) is 0 Å². The molecule has 0 aliphatic heterocycles. The van der Waals surface area contributed by atoms with Crippen molar-refractivity contribution < 1.29 is 32.3 Å². The van der Waals surface area contributed by atoms with E-state index in [0.717, 1.165) is 43.5 Å². The molecular formula is C28H32F3N3O4. The fourth-order valence-electron chi connectivity index (χ4n) is 5.26. The maximum absolute atomic E-state index is 14.3. The Kier molecular flexibility index (Phi) is 7.45. The highest BCUT2D eigenvalue weighted by Gasteiger charge is 2.57. The van der Waals surface area contributed by atoms with Crippen molar-refractivity contribution in [2.45, 2.75) is 71.1 Å². The molecule has 3 amide bonds. The second kappa shape index (κ2) is 10.3. The third kappa shape index (κ3) is 6.28. The Balaban J connectivity index is 1.52. The van der Waals surface area contributed by atoms with E-state index in [1.54, 1.807) is 27.7 Å². The normalized spacial score (nSPS) is 21.3. The maximum atomic E-state index is 14.3. The average molecular weight is 532 g/mol. The van der Waals surface area contributed by atoms with Crippen molar-refractivity contribution in [1.29, 1.82) is 0 Å². The fourth-order valence-corrected chi connectivity index (χ4v) is 5.26. The highest BCUT2D eigenvalue weighted by atomic mass is 19.1. The van der Waals surface area contributed by atoms with E-state index in [1.807, 2.05) is 0 Å². The molecule has 3 fully saturated rings. The zero-order chi connectivity index (χ0) is 27.8. The number of anilines is 1. The lowest BCUT2D eigenvalue weighted by Crippen LogP contribution is -2.58. The van der Waals surface area contributed by atoms with Crippen LogP contribution in [0.4, 0.5) is 23.7 Å². The average Bonchev–Trinajstić information content (AvgIpc) is 2.73. The minimum absolute atomic E-state index is 0.0181. The predicted octanol–water partition coefficient (Wildman–Crippen LogP) is 5.62. The van der Waals surface area contributed by atoms with Gasteiger partial charge in [-0.1, -0.05) is 6.07 Å². The minimum Gasteiger partial charge on any atom is -0.444 e. The highest BCUT2D eigenvalue weighted by molar-refractivity contribution is 6.04. The van der Waals surface area contributed by atoms with Crippen LogP contribution in [0.2, 0.25) is 0 Å². The zero-order valence-corrected chi connectivity index (χ0v) is 21.8. The molecule has 10 heteroatoms. The Hall–Kier alpha value is -3.56. The summed E-state index contributed by atoms with van der Waals surface area (Å²) in [6.07, 6.45) is 2.42. The van der Waals surface area contributed by atoms with Gasteiger partial charge in [-0.3, -0.25) is 14.9 Å². The van der Waals surface area contributed by atoms with Gasteiger partial charge in [0, 0.05) is 11.6 Å². The lowest BCUT2D eigenvalue weighted by molar-refractivity contribution is -0.136. The third-order valence-corrected chi connectivity index (χ3v) is 7.07. The van der Waals surface area contributed by atoms with E-state index in [2.05, 4.69) is 16.0 Å². The van der Waals surface area contributed by atoms with Crippen LogP contribution in [-0.2, 0) is 9.53 Å². The summed E-state index contributed by atoms with van der Waals surface area (Å²) in [5.41, 5.74) is -0.902. The van der Waals surface area contributed by atoms with Gasteiger partial charge in [-0.25, -0.2) is 18.0 Å². The van der Waals surface area contributed by atoms with E-state index in [-0.39, 0.29) is 22.2 Å². The second-order valence-electron chi connectivity index (χ2n) is 11.4. The molecule has 7 nitrogen and oxygen atoms in total. The molecule has 0 spiro atoms. The molecule has 0 radical (unpaired) electrons. The van der Waals surface area contributed by atoms with E-state index < -0.39 is 53.0 Å². The Bertz CT molecular complexity index is 1240. The first-order chi connectivity index (χ1) is 17.7. The van der Waals surface area contributed by atoms with Gasteiger partial charge in [0.1, 0.15) is 29.1 Å². The number of nitrogens with one attached hydrogen (secondary N) is 3. The molecule has 0 heterocycles. The Morgan fingerprint density at radius 1 is 1.00 bits per heavy atom. The summed E-state index contributed by atoms with van der Waals surface area (Å²) < 4.78 is 46.9. The van der Waals surface area contributed by atoms with Crippen LogP contribution in [-0.4, -0.2) is 29.6 Å². The molecule has 2 atom stereocenters. The first kappa shape index (κ1) is 27.5. The second-order valence-corrected chi connectivity index (χ2v) is 11.4. The molecule has 0 saturated heterocycles. The molecule has 3 saturated carbocycles. The molecule has 2 bridgehead atoms. The van der Waals surface area contributed by atoms with E-state index in [4.69, 9.17) is 4.74 Å². The van der Waals surface area contributed by atoms with Crippen LogP contribution in [0.25, 0.3) is 0 Å². The smallest absolute Gasteiger partial charge is 0.412 e. The van der Waals surface area contributed by atoms with Gasteiger partial charge in [0.15, 0.2) is 0 Å². The lowest BCUT2D eigenvalue weighted by atomic mass is 9.43. The Morgan fingerprint density at radius 3 is 2.21 bits per heavy atom. The molecule has 1 unspecified atom stereocenters. The SMILES string of the molecule is C[C@H](NC(=O)C(CC12CC(C1)C2)NC(=O)c1cc(F)ccc1NC(=O)OC(C)(C)C)c1ccc(F)cc1F. The van der Waals surface area contributed by atoms with Crippen LogP contribution in [0.5, 0.6) is 0 Å². The van der Waals surface area contributed by atoms with Crippen LogP contribution in [0, 0.1) is 28.8 Å². The van der Waals surface area contributed by atoms with Crippen molar-refractivity contribution >= 4 is 23.6 Å². The van der Waals surface area contributed by atoms with Crippen LogP contribution in [0.1, 0.15) is 75.3 Å². The maximum Gasteiger partial charge on any atom is 0.412 e. The topological polar surface area (TPSA) is 96.5 Å². The molecule has 3 aliphatic rings. The summed E-state index contributed by atoms with van der Waals surface area (Å²) in [4.78, 5) is 38.9. The minimum atomic E-state index is -0.993. The van der Waals surface area contributed by atoms with E-state index >= 15 is 0 Å². The van der Waals surface area contributed by atoms with Gasteiger partial charge >= 0.3 is 6.09 Å². The zero-order valence-electron chi connectivity index (χ0n) is 21.8. The van der Waals surface area contributed by atoms with Crippen molar-refractivity contribution in [3.8, 4) is 0 Å². The van der Waals surface area contributed by atoms with Crippen LogP contribution < -0.4 is 16.0 Å². The lowest BCUT2D eigenvalue weighted by Gasteiger charge is -2.63. The fraction of sp³-hybridized carbons (Fsp3) is 0.464. The predicted molar refractivity (Wildman–Crippen MR) is 135 cm³/mol. The van der Waals surface area contributed by atoms with Gasteiger partial charge in [-0.05, 0) is 89.0 Å². The highest BCUT2D eigenvalue weighted by Crippen LogP contribution is 2.66. The van der Waals surface area contributed by atoms with Gasteiger partial charge < -0.3 is 15.4 Å². The van der Waals surface area contributed by atoms with Crippen molar-refractivity contribution in [3.05, 3.63) is 65.0 Å². The summed E-state index contributed by atoms with van der Waals surface area (Å²) in [7, 11) is 0. The van der Waals surface area contributed by atoms with Crippen molar-refractivity contribution in [2.75, 3.05) is 5.32 Å². The Labute approximate surface area is 219 Å². The molecule has 2 aromatic carbocycles. The van der Waals surface area contributed by atoms with Crippen molar-refractivity contribution in [2.24, 2.45) is 11.3 Å². The number of halogens is 3. The number of amides is 3. The molecule has 2 aromatic rings. The molecule has 3 aliphatic carbocycles. The number of ether oxygens (including phenoxy) is 1. The summed E-state index contributed by atoms with van der Waals surface area (Å²) in [6, 6.07) is 4.60. The van der Waals surface area contributed by atoms with E-state index in [9.17, 15) is 27.6 Å². The van der Waals surface area contributed by atoms with Gasteiger partial charge in [0.25, 0.3) is 5.91 Å². The first-order valence-electron chi connectivity index (χ1n) is 12.6. The van der Waals surface area contributed by atoms with Gasteiger partial charge in [-0.2, -0.15) is 0 Å². The molecular weight excluding hydrogens is 499 g/mol. The quantitative estimate of drug-likeness (QED) is 0.412. The number of hydrogen-bond donors (Lipinski definition) is 3. The van der Waals surface area contributed by atoms with Gasteiger partial charge in [0.05, 0.1) is 17.3 Å². The Morgan fingerprint density at radius 2 is 1.63 bits per heavy atom. The largest absolute Gasteiger partial charge is 0.444 e. The number of rotatable bonds is 8. The summed E-state index contributed by atoms with van der Waals surface area (Å²) >= 11 is 0. The number of benzene rings is 2. The third-order valence-electron chi connectivity index (χ3n) is 7.07. The molecule has 3 N–H and O–H groups in total. The molecule has 38 heavy (non-hydrogen) atoms. The molecule has 204 valence electrons. The van der Waals surface area contributed by atoms with E-state index in [0.29, 0.717) is 12.3 Å². The molecule has 5 rings (SSSR count). The standard InChI is InChI=1S/C28H32F3N3O4/c1-15(19-7-5-18(30)10-21(19)31)32-25(36)23(14-28-11-16(12-28)13-28)33-24(35)20-9-17(29)6-8-22(20)34-26(37)38-27(2,3)4/h5-10,15-16,23H,11-14H2,1-4H3,(H,32,36)(H,33,35)(H,34,37)/t15-,16?,23?,28?/m0/s1. The first-order valence-corrected chi connectivity index (χ1v) is 12.6. The number of carbonyl (C=O) groups is 3. The molecule has 0 aromatic heterocycles.